The van der Waals surface area contributed by atoms with Crippen LogP contribution in [0.15, 0.2) is 6.33 Å². The normalized spacial score (nSPS) is 10.1. The van der Waals surface area contributed by atoms with Crippen LogP contribution in [0.2, 0.25) is 0 Å². The van der Waals surface area contributed by atoms with Gasteiger partial charge in [0.2, 0.25) is 11.6 Å². The van der Waals surface area contributed by atoms with Crippen LogP contribution in [0.3, 0.4) is 0 Å². The standard InChI is InChI=1S/C10H17N5O2/c1-4-6-14(3)10-8(15(16)17)9(11-5-2)12-7-13-10/h7H,4-6H2,1-3H3,(H,11,12,13). The summed E-state index contributed by atoms with van der Waals surface area (Å²) in [5.74, 6) is 0.619. The van der Waals surface area contributed by atoms with Gasteiger partial charge in [0.1, 0.15) is 6.33 Å². The monoisotopic (exact) mass is 239 g/mol. The second-order valence-electron chi connectivity index (χ2n) is 3.60. The van der Waals surface area contributed by atoms with Crippen LogP contribution in [0.1, 0.15) is 20.3 Å². The van der Waals surface area contributed by atoms with Gasteiger partial charge in [0.15, 0.2) is 0 Å². The van der Waals surface area contributed by atoms with E-state index in [1.54, 1.807) is 11.9 Å². The second kappa shape index (κ2) is 5.97. The largest absolute Gasteiger partial charge is 0.364 e. The third-order valence-electron chi connectivity index (χ3n) is 2.25. The fourth-order valence-electron chi connectivity index (χ4n) is 1.56. The summed E-state index contributed by atoms with van der Waals surface area (Å²) in [6.07, 6.45) is 2.24. The molecule has 0 aliphatic heterocycles. The van der Waals surface area contributed by atoms with E-state index in [1.807, 2.05) is 13.8 Å². The average molecular weight is 239 g/mol. The van der Waals surface area contributed by atoms with Gasteiger partial charge in [-0.3, -0.25) is 10.1 Å². The van der Waals surface area contributed by atoms with E-state index in [2.05, 4.69) is 15.3 Å². The molecule has 1 heterocycles. The van der Waals surface area contributed by atoms with Gasteiger partial charge in [0.25, 0.3) is 0 Å². The lowest BCUT2D eigenvalue weighted by Crippen LogP contribution is -2.21. The van der Waals surface area contributed by atoms with Crippen LogP contribution in [-0.2, 0) is 0 Å². The Morgan fingerprint density at radius 1 is 1.47 bits per heavy atom. The summed E-state index contributed by atoms with van der Waals surface area (Å²) in [5, 5.41) is 14.0. The molecule has 1 aromatic heterocycles. The van der Waals surface area contributed by atoms with Crippen molar-refractivity contribution in [2.75, 3.05) is 30.4 Å². The molecule has 0 amide bonds. The number of nitrogens with one attached hydrogen (secondary N) is 1. The topological polar surface area (TPSA) is 84.2 Å². The van der Waals surface area contributed by atoms with Gasteiger partial charge in [-0.2, -0.15) is 0 Å². The van der Waals surface area contributed by atoms with E-state index in [4.69, 9.17) is 0 Å². The predicted molar refractivity (Wildman–Crippen MR) is 66.4 cm³/mol. The van der Waals surface area contributed by atoms with E-state index in [0.717, 1.165) is 6.42 Å². The molecule has 0 spiro atoms. The minimum Gasteiger partial charge on any atom is -0.364 e. The SMILES string of the molecule is CCCN(C)c1ncnc(NCC)c1[N+](=O)[O-]. The third kappa shape index (κ3) is 3.02. The molecule has 0 saturated heterocycles. The summed E-state index contributed by atoms with van der Waals surface area (Å²) in [4.78, 5) is 20.3. The highest BCUT2D eigenvalue weighted by atomic mass is 16.6. The van der Waals surface area contributed by atoms with Crippen LogP contribution in [-0.4, -0.2) is 35.0 Å². The van der Waals surface area contributed by atoms with Crippen molar-refractivity contribution in [3.63, 3.8) is 0 Å². The Bertz CT molecular complexity index is 396. The lowest BCUT2D eigenvalue weighted by atomic mass is 10.3. The molecule has 0 bridgehead atoms. The van der Waals surface area contributed by atoms with Crippen LogP contribution in [0.5, 0.6) is 0 Å². The minimum atomic E-state index is -0.445. The molecule has 7 nitrogen and oxygen atoms in total. The first-order chi connectivity index (χ1) is 8.11. The van der Waals surface area contributed by atoms with Crippen molar-refractivity contribution < 1.29 is 4.92 Å². The maximum absolute atomic E-state index is 11.1. The van der Waals surface area contributed by atoms with Gasteiger partial charge in [-0.25, -0.2) is 9.97 Å². The number of rotatable bonds is 6. The maximum atomic E-state index is 11.1. The van der Waals surface area contributed by atoms with Gasteiger partial charge < -0.3 is 10.2 Å². The Hall–Kier alpha value is -1.92. The highest BCUT2D eigenvalue weighted by molar-refractivity contribution is 5.69. The minimum absolute atomic E-state index is 0.0645. The highest BCUT2D eigenvalue weighted by Gasteiger charge is 2.24. The van der Waals surface area contributed by atoms with Crippen molar-refractivity contribution in [2.24, 2.45) is 0 Å². The van der Waals surface area contributed by atoms with Gasteiger partial charge in [-0.1, -0.05) is 6.92 Å². The van der Waals surface area contributed by atoms with Crippen LogP contribution in [0.4, 0.5) is 17.3 Å². The molecule has 1 rings (SSSR count). The Kier molecular flexibility index (Phi) is 4.62. The Morgan fingerprint density at radius 3 is 2.71 bits per heavy atom. The molecular formula is C10H17N5O2. The predicted octanol–water partition coefficient (Wildman–Crippen LogP) is 1.66. The van der Waals surface area contributed by atoms with E-state index in [9.17, 15) is 10.1 Å². The zero-order valence-electron chi connectivity index (χ0n) is 10.3. The number of nitro groups is 1. The Morgan fingerprint density at radius 2 is 2.18 bits per heavy atom. The van der Waals surface area contributed by atoms with Crippen molar-refractivity contribution in [3.05, 3.63) is 16.4 Å². The van der Waals surface area contributed by atoms with Crippen molar-refractivity contribution in [3.8, 4) is 0 Å². The van der Waals surface area contributed by atoms with Gasteiger partial charge in [0.05, 0.1) is 4.92 Å². The van der Waals surface area contributed by atoms with Crippen LogP contribution in [0.25, 0.3) is 0 Å². The van der Waals surface area contributed by atoms with Crippen molar-refractivity contribution in [1.29, 1.82) is 0 Å². The molecule has 0 aliphatic carbocycles. The van der Waals surface area contributed by atoms with Gasteiger partial charge in [-0.05, 0) is 13.3 Å². The summed E-state index contributed by atoms with van der Waals surface area (Å²) in [7, 11) is 1.79. The molecule has 0 aromatic carbocycles. The van der Waals surface area contributed by atoms with Gasteiger partial charge in [0, 0.05) is 20.1 Å². The molecule has 1 aromatic rings. The number of anilines is 2. The summed E-state index contributed by atoms with van der Waals surface area (Å²) in [5.41, 5.74) is -0.0645. The number of hydrogen-bond acceptors (Lipinski definition) is 6. The second-order valence-corrected chi connectivity index (χ2v) is 3.60. The fraction of sp³-hybridized carbons (Fsp3) is 0.600. The molecule has 0 atom stereocenters. The maximum Gasteiger partial charge on any atom is 0.353 e. The number of aromatic nitrogens is 2. The van der Waals surface area contributed by atoms with E-state index in [0.29, 0.717) is 18.9 Å². The van der Waals surface area contributed by atoms with E-state index < -0.39 is 4.92 Å². The van der Waals surface area contributed by atoms with E-state index in [1.165, 1.54) is 6.33 Å². The molecule has 1 N–H and O–H groups in total. The van der Waals surface area contributed by atoms with E-state index in [-0.39, 0.29) is 11.5 Å². The lowest BCUT2D eigenvalue weighted by Gasteiger charge is -2.17. The zero-order valence-corrected chi connectivity index (χ0v) is 10.3. The Labute approximate surface area is 100 Å². The van der Waals surface area contributed by atoms with Gasteiger partial charge >= 0.3 is 5.69 Å². The van der Waals surface area contributed by atoms with Crippen molar-refractivity contribution in [1.82, 2.24) is 9.97 Å². The zero-order chi connectivity index (χ0) is 12.8. The molecule has 0 radical (unpaired) electrons. The summed E-state index contributed by atoms with van der Waals surface area (Å²) >= 11 is 0. The first kappa shape index (κ1) is 13.1. The molecular weight excluding hydrogens is 222 g/mol. The first-order valence-electron chi connectivity index (χ1n) is 5.56. The Balaban J connectivity index is 3.19. The number of nitrogens with zero attached hydrogens (tertiary/aromatic N) is 4. The molecule has 0 fully saturated rings. The molecule has 0 saturated carbocycles. The fourth-order valence-corrected chi connectivity index (χ4v) is 1.56. The van der Waals surface area contributed by atoms with Gasteiger partial charge in [-0.15, -0.1) is 0 Å². The molecule has 0 aliphatic rings. The smallest absolute Gasteiger partial charge is 0.353 e. The molecule has 94 valence electrons. The summed E-state index contributed by atoms with van der Waals surface area (Å²) in [6, 6.07) is 0. The average Bonchev–Trinajstić information content (AvgIpc) is 2.29. The van der Waals surface area contributed by atoms with Crippen LogP contribution in [0, 0.1) is 10.1 Å². The van der Waals surface area contributed by atoms with Crippen LogP contribution < -0.4 is 10.2 Å². The number of hydrogen-bond donors (Lipinski definition) is 1. The quantitative estimate of drug-likeness (QED) is 0.600. The lowest BCUT2D eigenvalue weighted by molar-refractivity contribution is -0.383. The van der Waals surface area contributed by atoms with Crippen molar-refractivity contribution in [2.45, 2.75) is 20.3 Å². The molecule has 0 unspecified atom stereocenters. The van der Waals surface area contributed by atoms with Crippen LogP contribution >= 0.6 is 0 Å². The summed E-state index contributed by atoms with van der Waals surface area (Å²) < 4.78 is 0. The highest BCUT2D eigenvalue weighted by Crippen LogP contribution is 2.30. The summed E-state index contributed by atoms with van der Waals surface area (Å²) in [6.45, 7) is 5.16. The third-order valence-corrected chi connectivity index (χ3v) is 2.25. The van der Waals surface area contributed by atoms with E-state index >= 15 is 0 Å². The first-order valence-corrected chi connectivity index (χ1v) is 5.56. The molecule has 7 heteroatoms. The molecule has 17 heavy (non-hydrogen) atoms. The van der Waals surface area contributed by atoms with Crippen molar-refractivity contribution >= 4 is 17.3 Å².